The van der Waals surface area contributed by atoms with Gasteiger partial charge in [0.15, 0.2) is 23.1 Å². The molecule has 0 aliphatic heterocycles. The Hall–Kier alpha value is -5.42. The minimum absolute atomic E-state index is 0.372. The standard InChI is InChI=1S/C44H36N4O/c1-3-7-32(8-4-1)40-46-41(48-42(47-40)34-15-18-37(19-16-34)44-25-28-21-29(26-44)23-30(22-28)27-44)33-13-11-31(12-14-33)36-17-20-38-39(24-36)49-43(45-38)35-9-5-2-6-10-35/h1-20,24,28-30H,21-23,25-27H2. The van der Waals surface area contributed by atoms with Crippen LogP contribution < -0.4 is 0 Å². The van der Waals surface area contributed by atoms with Crippen molar-refractivity contribution in [2.24, 2.45) is 17.8 Å². The van der Waals surface area contributed by atoms with Crippen molar-refractivity contribution in [3.8, 4) is 56.7 Å². The minimum Gasteiger partial charge on any atom is -0.436 e. The summed E-state index contributed by atoms with van der Waals surface area (Å²) < 4.78 is 6.15. The SMILES string of the molecule is c1ccc(-c2nc(-c3ccc(-c4ccc5nc(-c6ccccc6)oc5c4)cc3)nc(-c3ccc(C45CC6CC(CC(C6)C4)C5)cc3)n2)cc1. The van der Waals surface area contributed by atoms with Gasteiger partial charge in [-0.25, -0.2) is 19.9 Å². The Morgan fingerprint density at radius 3 is 1.49 bits per heavy atom. The Bertz CT molecular complexity index is 2260. The molecule has 5 heteroatoms. The van der Waals surface area contributed by atoms with Gasteiger partial charge in [-0.15, -0.1) is 0 Å². The van der Waals surface area contributed by atoms with Crippen LogP contribution in [0, 0.1) is 17.8 Å². The van der Waals surface area contributed by atoms with Crippen LogP contribution in [0.2, 0.25) is 0 Å². The summed E-state index contributed by atoms with van der Waals surface area (Å²) in [5, 5.41) is 0. The number of hydrogen-bond donors (Lipinski definition) is 0. The van der Waals surface area contributed by atoms with E-state index in [4.69, 9.17) is 24.4 Å². The Morgan fingerprint density at radius 1 is 0.449 bits per heavy atom. The van der Waals surface area contributed by atoms with Crippen LogP contribution in [0.3, 0.4) is 0 Å². The highest BCUT2D eigenvalue weighted by Gasteiger charge is 2.51. The number of hydrogen-bond acceptors (Lipinski definition) is 5. The highest BCUT2D eigenvalue weighted by atomic mass is 16.3. The van der Waals surface area contributed by atoms with Crippen molar-refractivity contribution in [1.82, 2.24) is 19.9 Å². The highest BCUT2D eigenvalue weighted by molar-refractivity contribution is 5.82. The summed E-state index contributed by atoms with van der Waals surface area (Å²) in [7, 11) is 0. The summed E-state index contributed by atoms with van der Waals surface area (Å²) in [6, 6.07) is 44.1. The second kappa shape index (κ2) is 11.3. The summed E-state index contributed by atoms with van der Waals surface area (Å²) in [6.45, 7) is 0. The topological polar surface area (TPSA) is 64.7 Å². The molecule has 5 aromatic carbocycles. The Balaban J connectivity index is 0.976. The maximum Gasteiger partial charge on any atom is 0.227 e. The van der Waals surface area contributed by atoms with Gasteiger partial charge in [0.25, 0.3) is 0 Å². The number of benzene rings is 5. The molecule has 0 amide bonds. The molecule has 4 aliphatic carbocycles. The minimum atomic E-state index is 0.372. The van der Waals surface area contributed by atoms with Gasteiger partial charge in [0.2, 0.25) is 5.89 Å². The molecule has 0 unspecified atom stereocenters. The molecule has 2 heterocycles. The van der Waals surface area contributed by atoms with Gasteiger partial charge in [0.1, 0.15) is 5.52 Å². The van der Waals surface area contributed by atoms with Gasteiger partial charge in [-0.05, 0) is 103 Å². The van der Waals surface area contributed by atoms with Crippen molar-refractivity contribution < 1.29 is 4.42 Å². The van der Waals surface area contributed by atoms with Gasteiger partial charge in [-0.3, -0.25) is 0 Å². The molecule has 49 heavy (non-hydrogen) atoms. The third-order valence-corrected chi connectivity index (χ3v) is 11.3. The summed E-state index contributed by atoms with van der Waals surface area (Å²) in [6.07, 6.45) is 8.47. The lowest BCUT2D eigenvalue weighted by Crippen LogP contribution is -2.48. The molecule has 0 N–H and O–H groups in total. The normalized spacial score (nSPS) is 22.5. The average molecular weight is 637 g/mol. The summed E-state index contributed by atoms with van der Waals surface area (Å²) in [5.41, 5.74) is 9.57. The molecule has 7 aromatic rings. The molecule has 5 nitrogen and oxygen atoms in total. The first-order valence-corrected chi connectivity index (χ1v) is 17.6. The predicted octanol–water partition coefficient (Wildman–Crippen LogP) is 10.8. The fourth-order valence-electron chi connectivity index (χ4n) is 9.41. The average Bonchev–Trinajstić information content (AvgIpc) is 3.59. The Labute approximate surface area is 286 Å². The van der Waals surface area contributed by atoms with Gasteiger partial charge in [0.05, 0.1) is 0 Å². The fourth-order valence-corrected chi connectivity index (χ4v) is 9.41. The highest BCUT2D eigenvalue weighted by Crippen LogP contribution is 2.60. The molecule has 4 bridgehead atoms. The smallest absolute Gasteiger partial charge is 0.227 e. The van der Waals surface area contributed by atoms with Crippen LogP contribution in [-0.2, 0) is 5.41 Å². The zero-order chi connectivity index (χ0) is 32.4. The van der Waals surface area contributed by atoms with Crippen molar-refractivity contribution in [3.63, 3.8) is 0 Å². The first-order valence-electron chi connectivity index (χ1n) is 17.6. The van der Waals surface area contributed by atoms with Gasteiger partial charge in [-0.2, -0.15) is 0 Å². The van der Waals surface area contributed by atoms with Crippen LogP contribution in [0.5, 0.6) is 0 Å². The van der Waals surface area contributed by atoms with Crippen LogP contribution in [0.25, 0.3) is 67.8 Å². The number of aromatic nitrogens is 4. The first-order chi connectivity index (χ1) is 24.1. The molecular weight excluding hydrogens is 601 g/mol. The van der Waals surface area contributed by atoms with E-state index in [2.05, 4.69) is 72.8 Å². The van der Waals surface area contributed by atoms with Gasteiger partial charge in [-0.1, -0.05) is 103 Å². The quantitative estimate of drug-likeness (QED) is 0.182. The third-order valence-electron chi connectivity index (χ3n) is 11.3. The molecule has 4 fully saturated rings. The van der Waals surface area contributed by atoms with Crippen molar-refractivity contribution in [2.45, 2.75) is 43.9 Å². The van der Waals surface area contributed by atoms with Crippen molar-refractivity contribution in [3.05, 3.63) is 133 Å². The summed E-state index contributed by atoms with van der Waals surface area (Å²) in [4.78, 5) is 19.7. The molecule has 11 rings (SSSR count). The predicted molar refractivity (Wildman–Crippen MR) is 194 cm³/mol. The van der Waals surface area contributed by atoms with E-state index in [-0.39, 0.29) is 0 Å². The van der Waals surface area contributed by atoms with Gasteiger partial charge >= 0.3 is 0 Å². The van der Waals surface area contributed by atoms with Crippen LogP contribution >= 0.6 is 0 Å². The second-order valence-corrected chi connectivity index (χ2v) is 14.6. The van der Waals surface area contributed by atoms with Gasteiger partial charge < -0.3 is 4.42 Å². The molecule has 2 aromatic heterocycles. The number of fused-ring (bicyclic) bond motifs is 1. The summed E-state index contributed by atoms with van der Waals surface area (Å²) >= 11 is 0. The van der Waals surface area contributed by atoms with Crippen molar-refractivity contribution in [1.29, 1.82) is 0 Å². The van der Waals surface area contributed by atoms with Crippen LogP contribution in [-0.4, -0.2) is 19.9 Å². The van der Waals surface area contributed by atoms with E-state index in [1.54, 1.807) is 0 Å². The molecule has 0 saturated heterocycles. The van der Waals surface area contributed by atoms with E-state index in [0.29, 0.717) is 28.8 Å². The molecule has 0 atom stereocenters. The molecule has 238 valence electrons. The monoisotopic (exact) mass is 636 g/mol. The number of nitrogens with zero attached hydrogens (tertiary/aromatic N) is 4. The molecular formula is C44H36N4O. The van der Waals surface area contributed by atoms with Crippen molar-refractivity contribution >= 4 is 11.1 Å². The maximum atomic E-state index is 6.15. The van der Waals surface area contributed by atoms with Crippen LogP contribution in [0.1, 0.15) is 44.1 Å². The third kappa shape index (κ3) is 5.16. The van der Waals surface area contributed by atoms with Crippen LogP contribution in [0.15, 0.2) is 132 Å². The zero-order valence-electron chi connectivity index (χ0n) is 27.3. The lowest BCUT2D eigenvalue weighted by molar-refractivity contribution is -0.00518. The largest absolute Gasteiger partial charge is 0.436 e. The second-order valence-electron chi connectivity index (χ2n) is 14.6. The van der Waals surface area contributed by atoms with E-state index in [1.807, 2.05) is 54.6 Å². The lowest BCUT2D eigenvalue weighted by Gasteiger charge is -2.57. The molecule has 0 radical (unpaired) electrons. The van der Waals surface area contributed by atoms with Crippen molar-refractivity contribution in [2.75, 3.05) is 0 Å². The lowest BCUT2D eigenvalue weighted by atomic mass is 9.48. The maximum absolute atomic E-state index is 6.15. The molecule has 0 spiro atoms. The van der Waals surface area contributed by atoms with E-state index < -0.39 is 0 Å². The number of rotatable bonds is 6. The molecule has 4 saturated carbocycles. The first kappa shape index (κ1) is 28.6. The van der Waals surface area contributed by atoms with E-state index in [9.17, 15) is 0 Å². The van der Waals surface area contributed by atoms with E-state index in [0.717, 1.165) is 62.2 Å². The van der Waals surface area contributed by atoms with Crippen LogP contribution in [0.4, 0.5) is 0 Å². The Morgan fingerprint density at radius 2 is 0.918 bits per heavy atom. The number of oxazole rings is 1. The van der Waals surface area contributed by atoms with E-state index >= 15 is 0 Å². The fraction of sp³-hybridized carbons (Fsp3) is 0.227. The molecule has 4 aliphatic rings. The van der Waals surface area contributed by atoms with Gasteiger partial charge in [0, 0.05) is 22.3 Å². The van der Waals surface area contributed by atoms with E-state index in [1.165, 1.54) is 44.1 Å². The Kier molecular flexibility index (Phi) is 6.61. The summed E-state index contributed by atoms with van der Waals surface area (Å²) in [5.74, 6) is 5.46. The zero-order valence-corrected chi connectivity index (χ0v) is 27.3.